The van der Waals surface area contributed by atoms with Crippen LogP contribution in [0.3, 0.4) is 0 Å². The van der Waals surface area contributed by atoms with Crippen molar-refractivity contribution in [1.29, 1.82) is 0 Å². The molecule has 2 heteroatoms. The second-order valence-electron chi connectivity index (χ2n) is 6.80. The van der Waals surface area contributed by atoms with Gasteiger partial charge in [-0.2, -0.15) is 0 Å². The number of hydrogen-bond acceptors (Lipinski definition) is 2. The first-order valence-corrected chi connectivity index (χ1v) is 8.56. The molecule has 0 radical (unpaired) electrons. The van der Waals surface area contributed by atoms with Crippen LogP contribution in [0.4, 0.5) is 0 Å². The van der Waals surface area contributed by atoms with Crippen molar-refractivity contribution in [2.45, 2.75) is 60.0 Å². The molecule has 0 aromatic rings. The maximum Gasteiger partial charge on any atom is 0.0639 e. The average molecular weight is 297 g/mol. The first-order valence-electron chi connectivity index (χ1n) is 7.34. The zero-order valence-corrected chi connectivity index (χ0v) is 15.1. The van der Waals surface area contributed by atoms with Crippen LogP contribution in [0.2, 0.25) is 0 Å². The third-order valence-electron chi connectivity index (χ3n) is 3.94. The Hall–Kier alpha value is -0.470. The fraction of sp³-hybridized carbons (Fsp3) is 0.667. The third kappa shape index (κ3) is 6.81. The summed E-state index contributed by atoms with van der Waals surface area (Å²) in [7, 11) is 0. The summed E-state index contributed by atoms with van der Waals surface area (Å²) in [6, 6.07) is 0. The van der Waals surface area contributed by atoms with E-state index in [9.17, 15) is 5.11 Å². The second-order valence-corrected chi connectivity index (χ2v) is 7.65. The summed E-state index contributed by atoms with van der Waals surface area (Å²) in [5.74, 6) is 0.841. The van der Waals surface area contributed by atoms with Gasteiger partial charge in [-0.3, -0.25) is 0 Å². The minimum Gasteiger partial charge on any atom is -0.390 e. The van der Waals surface area contributed by atoms with Crippen LogP contribution in [-0.2, 0) is 0 Å². The quantitative estimate of drug-likeness (QED) is 0.683. The Morgan fingerprint density at radius 1 is 1.20 bits per heavy atom. The fourth-order valence-corrected chi connectivity index (χ4v) is 2.12. The predicted molar refractivity (Wildman–Crippen MR) is 94.0 cm³/mol. The van der Waals surface area contributed by atoms with Gasteiger partial charge in [0, 0.05) is 4.91 Å². The highest BCUT2D eigenvalue weighted by molar-refractivity contribution is 8.02. The van der Waals surface area contributed by atoms with Gasteiger partial charge in [0.15, 0.2) is 0 Å². The molecule has 0 unspecified atom stereocenters. The normalized spacial score (nSPS) is 17.4. The first-order chi connectivity index (χ1) is 9.08. The molecule has 0 aromatic carbocycles. The van der Waals surface area contributed by atoms with E-state index >= 15 is 0 Å². The molecule has 0 aliphatic heterocycles. The van der Waals surface area contributed by atoms with Crippen molar-refractivity contribution in [3.63, 3.8) is 0 Å². The van der Waals surface area contributed by atoms with E-state index in [-0.39, 0.29) is 5.41 Å². The molecule has 0 heterocycles. The summed E-state index contributed by atoms with van der Waals surface area (Å²) in [6.45, 7) is 15.6. The van der Waals surface area contributed by atoms with Gasteiger partial charge in [-0.05, 0) is 62.9 Å². The smallest absolute Gasteiger partial charge is 0.0639 e. The Kier molecular flexibility index (Phi) is 7.90. The van der Waals surface area contributed by atoms with Gasteiger partial charge in [-0.1, -0.05) is 39.5 Å². The van der Waals surface area contributed by atoms with Crippen LogP contribution < -0.4 is 0 Å². The zero-order chi connectivity index (χ0) is 16.0. The lowest BCUT2D eigenvalue weighted by Gasteiger charge is -2.33. The van der Waals surface area contributed by atoms with Gasteiger partial charge >= 0.3 is 0 Å². The number of hydrogen-bond donors (Lipinski definition) is 1. The van der Waals surface area contributed by atoms with E-state index < -0.39 is 5.60 Å². The Bertz CT molecular complexity index is 348. The van der Waals surface area contributed by atoms with Gasteiger partial charge in [-0.15, -0.1) is 11.8 Å². The van der Waals surface area contributed by atoms with Crippen LogP contribution in [0.25, 0.3) is 0 Å². The topological polar surface area (TPSA) is 20.2 Å². The van der Waals surface area contributed by atoms with Crippen molar-refractivity contribution < 1.29 is 5.11 Å². The molecule has 0 aromatic heterocycles. The molecule has 0 bridgehead atoms. The molecule has 1 aliphatic rings. The lowest BCUT2D eigenvalue weighted by Crippen LogP contribution is -2.35. The van der Waals surface area contributed by atoms with E-state index in [0.717, 1.165) is 5.92 Å². The van der Waals surface area contributed by atoms with Crippen molar-refractivity contribution in [2.75, 3.05) is 6.26 Å². The summed E-state index contributed by atoms with van der Waals surface area (Å²) in [4.78, 5) is 1.38. The lowest BCUT2D eigenvalue weighted by atomic mass is 9.79. The largest absolute Gasteiger partial charge is 0.390 e. The van der Waals surface area contributed by atoms with Crippen LogP contribution >= 0.6 is 11.8 Å². The molecule has 1 saturated carbocycles. The van der Waals surface area contributed by atoms with Gasteiger partial charge in [0.25, 0.3) is 0 Å². The van der Waals surface area contributed by atoms with Crippen LogP contribution in [0.1, 0.15) is 54.4 Å². The van der Waals surface area contributed by atoms with Crippen LogP contribution in [0.15, 0.2) is 35.3 Å². The van der Waals surface area contributed by atoms with Gasteiger partial charge in [0.1, 0.15) is 0 Å². The molecule has 0 amide bonds. The number of rotatable bonds is 4. The second kappa shape index (κ2) is 8.09. The molecule has 1 rings (SSSR count). The predicted octanol–water partition coefficient (Wildman–Crippen LogP) is 5.58. The van der Waals surface area contributed by atoms with Crippen molar-refractivity contribution in [1.82, 2.24) is 0 Å². The molecule has 0 spiro atoms. The van der Waals surface area contributed by atoms with Crippen molar-refractivity contribution in [3.05, 3.63) is 35.3 Å². The van der Waals surface area contributed by atoms with Crippen LogP contribution in [0.5, 0.6) is 0 Å². The molecule has 1 fully saturated rings. The highest BCUT2D eigenvalue weighted by Gasteiger charge is 2.29. The van der Waals surface area contributed by atoms with Crippen LogP contribution in [-0.4, -0.2) is 17.0 Å². The van der Waals surface area contributed by atoms with E-state index in [1.54, 1.807) is 0 Å². The minimum atomic E-state index is -0.562. The zero-order valence-electron chi connectivity index (χ0n) is 14.3. The van der Waals surface area contributed by atoms with Crippen molar-refractivity contribution in [3.8, 4) is 0 Å². The Labute approximate surface area is 130 Å². The molecule has 0 atom stereocenters. The van der Waals surface area contributed by atoms with Gasteiger partial charge in [0.2, 0.25) is 0 Å². The molecule has 1 nitrogen and oxygen atoms in total. The SMILES string of the molecule is C=C/C=C(SC)\C(=C/C)C1CC1.CC(C)(C)C(C)(C)O. The minimum absolute atomic E-state index is 0.00694. The first kappa shape index (κ1) is 19.5. The van der Waals surface area contributed by atoms with Gasteiger partial charge in [-0.25, -0.2) is 0 Å². The molecule has 1 aliphatic carbocycles. The maximum absolute atomic E-state index is 9.35. The molecular weight excluding hydrogens is 264 g/mol. The van der Waals surface area contributed by atoms with E-state index in [0.29, 0.717) is 0 Å². The lowest BCUT2D eigenvalue weighted by molar-refractivity contribution is -0.0238. The van der Waals surface area contributed by atoms with Crippen molar-refractivity contribution >= 4 is 11.8 Å². The summed E-state index contributed by atoms with van der Waals surface area (Å²) in [5, 5.41) is 9.35. The molecule has 0 saturated heterocycles. The standard InChI is InChI=1S/C11H16S.C7H16O/c1-4-6-11(12-3)10(5-2)9-7-8-9;1-6(2,3)7(4,5)8/h4-6,9H,1,7-8H2,2-3H3;8H,1-5H3/b10-5-,11-6+;. The summed E-state index contributed by atoms with van der Waals surface area (Å²) in [6.07, 6.45) is 11.1. The summed E-state index contributed by atoms with van der Waals surface area (Å²) < 4.78 is 0. The molecule has 1 N–H and O–H groups in total. The molecule has 116 valence electrons. The highest BCUT2D eigenvalue weighted by Crippen LogP contribution is 2.42. The Morgan fingerprint density at radius 3 is 1.85 bits per heavy atom. The fourth-order valence-electron chi connectivity index (χ4n) is 1.36. The van der Waals surface area contributed by atoms with Crippen molar-refractivity contribution in [2.24, 2.45) is 11.3 Å². The third-order valence-corrected chi connectivity index (χ3v) is 4.75. The van der Waals surface area contributed by atoms with Gasteiger partial charge < -0.3 is 5.11 Å². The monoisotopic (exact) mass is 296 g/mol. The molecular formula is C18H32OS. The van der Waals surface area contributed by atoms with Gasteiger partial charge in [0.05, 0.1) is 5.60 Å². The van der Waals surface area contributed by atoms with E-state index in [1.807, 2.05) is 52.5 Å². The maximum atomic E-state index is 9.35. The van der Waals surface area contributed by atoms with E-state index in [1.165, 1.54) is 23.3 Å². The average Bonchev–Trinajstić information content (AvgIpc) is 3.11. The summed E-state index contributed by atoms with van der Waals surface area (Å²) >= 11 is 1.82. The Morgan fingerprint density at radius 2 is 1.65 bits per heavy atom. The van der Waals surface area contributed by atoms with Crippen LogP contribution in [0, 0.1) is 11.3 Å². The number of thioether (sulfide) groups is 1. The van der Waals surface area contributed by atoms with E-state index in [4.69, 9.17) is 0 Å². The molecule has 20 heavy (non-hydrogen) atoms. The Balaban J connectivity index is 0.000000396. The number of allylic oxidation sites excluding steroid dienone is 4. The summed E-state index contributed by atoms with van der Waals surface area (Å²) in [5.41, 5.74) is 0.947. The number of aliphatic hydroxyl groups is 1. The highest BCUT2D eigenvalue weighted by atomic mass is 32.2. The van der Waals surface area contributed by atoms with E-state index in [2.05, 4.69) is 31.9 Å².